The van der Waals surface area contributed by atoms with Gasteiger partial charge >= 0.3 is 0 Å². The SMILES string of the molecule is OCc1ccc(-c2ccc(C(C/C(=N/O)c3ccncc3)c3ccccc3)cc2)cc1. The zero-order chi connectivity index (χ0) is 21.5. The summed E-state index contributed by atoms with van der Waals surface area (Å²) in [4.78, 5) is 4.06. The van der Waals surface area contributed by atoms with Crippen LogP contribution >= 0.6 is 0 Å². The molecule has 31 heavy (non-hydrogen) atoms. The molecule has 3 aromatic carbocycles. The molecule has 4 aromatic rings. The van der Waals surface area contributed by atoms with Gasteiger partial charge in [0.1, 0.15) is 0 Å². The molecule has 0 saturated heterocycles. The Morgan fingerprint density at radius 3 is 1.90 bits per heavy atom. The molecular weight excluding hydrogens is 384 g/mol. The number of pyridine rings is 1. The van der Waals surface area contributed by atoms with Gasteiger partial charge < -0.3 is 10.3 Å². The van der Waals surface area contributed by atoms with Crippen LogP contribution in [0.1, 0.15) is 34.6 Å². The number of oxime groups is 1. The van der Waals surface area contributed by atoms with E-state index in [4.69, 9.17) is 0 Å². The number of aliphatic hydroxyl groups excluding tert-OH is 1. The van der Waals surface area contributed by atoms with Crippen LogP contribution < -0.4 is 0 Å². The normalized spacial score (nSPS) is 12.5. The Bertz CT molecular complexity index is 1120. The molecule has 0 aliphatic heterocycles. The molecular formula is C27H24N2O2. The third-order valence-corrected chi connectivity index (χ3v) is 5.52. The summed E-state index contributed by atoms with van der Waals surface area (Å²) < 4.78 is 0. The summed E-state index contributed by atoms with van der Waals surface area (Å²) in [6, 6.07) is 30.4. The van der Waals surface area contributed by atoms with Crippen molar-refractivity contribution >= 4 is 5.71 Å². The number of rotatable bonds is 7. The number of nitrogens with zero attached hydrogens (tertiary/aromatic N) is 2. The summed E-state index contributed by atoms with van der Waals surface area (Å²) in [5, 5.41) is 22.6. The van der Waals surface area contributed by atoms with Gasteiger partial charge in [-0.15, -0.1) is 0 Å². The topological polar surface area (TPSA) is 65.7 Å². The monoisotopic (exact) mass is 408 g/mol. The van der Waals surface area contributed by atoms with E-state index in [1.165, 1.54) is 0 Å². The van der Waals surface area contributed by atoms with Gasteiger partial charge in [-0.25, -0.2) is 0 Å². The van der Waals surface area contributed by atoms with E-state index in [2.05, 4.69) is 46.5 Å². The van der Waals surface area contributed by atoms with Crippen molar-refractivity contribution in [2.24, 2.45) is 5.16 Å². The van der Waals surface area contributed by atoms with Crippen molar-refractivity contribution in [2.45, 2.75) is 18.9 Å². The Morgan fingerprint density at radius 2 is 1.32 bits per heavy atom. The Labute approximate surface area is 182 Å². The van der Waals surface area contributed by atoms with E-state index in [0.29, 0.717) is 12.1 Å². The van der Waals surface area contributed by atoms with Crippen LogP contribution in [-0.2, 0) is 6.61 Å². The fraction of sp³-hybridized carbons (Fsp3) is 0.111. The summed E-state index contributed by atoms with van der Waals surface area (Å²) >= 11 is 0. The molecule has 0 fully saturated rings. The van der Waals surface area contributed by atoms with Crippen molar-refractivity contribution in [3.05, 3.63) is 126 Å². The lowest BCUT2D eigenvalue weighted by molar-refractivity contribution is 0.282. The van der Waals surface area contributed by atoms with Gasteiger partial charge in [-0.1, -0.05) is 84.0 Å². The minimum atomic E-state index is 0.0458. The molecule has 0 radical (unpaired) electrons. The number of hydrogen-bond donors (Lipinski definition) is 2. The molecule has 0 aliphatic carbocycles. The lowest BCUT2D eigenvalue weighted by Gasteiger charge is -2.19. The summed E-state index contributed by atoms with van der Waals surface area (Å²) in [5.41, 5.74) is 6.92. The van der Waals surface area contributed by atoms with E-state index in [1.807, 2.05) is 54.6 Å². The number of aromatic nitrogens is 1. The molecule has 4 rings (SSSR count). The van der Waals surface area contributed by atoms with Crippen molar-refractivity contribution in [3.8, 4) is 11.1 Å². The van der Waals surface area contributed by atoms with Crippen molar-refractivity contribution in [3.63, 3.8) is 0 Å². The van der Waals surface area contributed by atoms with Crippen molar-refractivity contribution in [2.75, 3.05) is 0 Å². The minimum absolute atomic E-state index is 0.0458. The molecule has 1 heterocycles. The molecule has 4 nitrogen and oxygen atoms in total. The zero-order valence-corrected chi connectivity index (χ0v) is 17.1. The number of hydrogen-bond acceptors (Lipinski definition) is 4. The molecule has 0 bridgehead atoms. The minimum Gasteiger partial charge on any atom is -0.411 e. The van der Waals surface area contributed by atoms with Gasteiger partial charge in [-0.05, 0) is 39.9 Å². The molecule has 1 unspecified atom stereocenters. The summed E-state index contributed by atoms with van der Waals surface area (Å²) in [7, 11) is 0. The first kappa shape index (κ1) is 20.5. The van der Waals surface area contributed by atoms with E-state index < -0.39 is 0 Å². The summed E-state index contributed by atoms with van der Waals surface area (Å²) in [6.07, 6.45) is 3.97. The predicted molar refractivity (Wildman–Crippen MR) is 123 cm³/mol. The fourth-order valence-electron chi connectivity index (χ4n) is 3.78. The van der Waals surface area contributed by atoms with Crippen molar-refractivity contribution in [1.29, 1.82) is 0 Å². The molecule has 2 N–H and O–H groups in total. The highest BCUT2D eigenvalue weighted by atomic mass is 16.4. The number of benzene rings is 3. The first-order chi connectivity index (χ1) is 15.3. The van der Waals surface area contributed by atoms with Crippen molar-refractivity contribution in [1.82, 2.24) is 4.98 Å². The second-order valence-corrected chi connectivity index (χ2v) is 7.43. The molecule has 1 aromatic heterocycles. The molecule has 1 atom stereocenters. The van der Waals surface area contributed by atoms with Gasteiger partial charge in [-0.2, -0.15) is 0 Å². The Morgan fingerprint density at radius 1 is 0.742 bits per heavy atom. The first-order valence-corrected chi connectivity index (χ1v) is 10.2. The zero-order valence-electron chi connectivity index (χ0n) is 17.1. The third-order valence-electron chi connectivity index (χ3n) is 5.52. The van der Waals surface area contributed by atoms with E-state index in [-0.39, 0.29) is 12.5 Å². The van der Waals surface area contributed by atoms with Crippen LogP contribution in [0.2, 0.25) is 0 Å². The lowest BCUT2D eigenvalue weighted by Crippen LogP contribution is -2.10. The second kappa shape index (κ2) is 9.83. The van der Waals surface area contributed by atoms with E-state index >= 15 is 0 Å². The van der Waals surface area contributed by atoms with Crippen LogP contribution in [-0.4, -0.2) is 21.0 Å². The third kappa shape index (κ3) is 4.87. The Balaban J connectivity index is 1.65. The van der Waals surface area contributed by atoms with Crippen LogP contribution in [0, 0.1) is 0 Å². The smallest absolute Gasteiger partial charge is 0.0878 e. The molecule has 154 valence electrons. The highest BCUT2D eigenvalue weighted by molar-refractivity contribution is 6.00. The summed E-state index contributed by atoms with van der Waals surface area (Å²) in [5.74, 6) is 0.0473. The van der Waals surface area contributed by atoms with Crippen LogP contribution in [0.25, 0.3) is 11.1 Å². The van der Waals surface area contributed by atoms with Gasteiger partial charge in [0.15, 0.2) is 0 Å². The lowest BCUT2D eigenvalue weighted by atomic mass is 9.85. The van der Waals surface area contributed by atoms with Gasteiger partial charge in [0, 0.05) is 30.3 Å². The highest BCUT2D eigenvalue weighted by Gasteiger charge is 2.19. The van der Waals surface area contributed by atoms with Gasteiger partial charge in [-0.3, -0.25) is 4.98 Å². The predicted octanol–water partition coefficient (Wildman–Crippen LogP) is 5.64. The van der Waals surface area contributed by atoms with E-state index in [1.54, 1.807) is 12.4 Å². The Hall–Kier alpha value is -3.76. The van der Waals surface area contributed by atoms with Gasteiger partial charge in [0.05, 0.1) is 12.3 Å². The van der Waals surface area contributed by atoms with Crippen molar-refractivity contribution < 1.29 is 10.3 Å². The average molecular weight is 409 g/mol. The maximum atomic E-state index is 9.71. The van der Waals surface area contributed by atoms with E-state index in [9.17, 15) is 10.3 Å². The highest BCUT2D eigenvalue weighted by Crippen LogP contribution is 2.31. The second-order valence-electron chi connectivity index (χ2n) is 7.43. The fourth-order valence-corrected chi connectivity index (χ4v) is 3.78. The Kier molecular flexibility index (Phi) is 6.50. The van der Waals surface area contributed by atoms with E-state index in [0.717, 1.165) is 33.4 Å². The largest absolute Gasteiger partial charge is 0.411 e. The van der Waals surface area contributed by atoms with Crippen LogP contribution in [0.3, 0.4) is 0 Å². The molecule has 0 spiro atoms. The molecule has 0 saturated carbocycles. The van der Waals surface area contributed by atoms with Crippen LogP contribution in [0.15, 0.2) is 109 Å². The molecule has 4 heteroatoms. The maximum absolute atomic E-state index is 9.71. The van der Waals surface area contributed by atoms with Gasteiger partial charge in [0.25, 0.3) is 0 Å². The average Bonchev–Trinajstić information content (AvgIpc) is 2.86. The van der Waals surface area contributed by atoms with Crippen LogP contribution in [0.5, 0.6) is 0 Å². The molecule has 0 amide bonds. The maximum Gasteiger partial charge on any atom is 0.0878 e. The summed E-state index contributed by atoms with van der Waals surface area (Å²) in [6.45, 7) is 0.0458. The molecule has 0 aliphatic rings. The number of aliphatic hydroxyl groups is 1. The first-order valence-electron chi connectivity index (χ1n) is 10.2. The van der Waals surface area contributed by atoms with Crippen LogP contribution in [0.4, 0.5) is 0 Å². The van der Waals surface area contributed by atoms with Gasteiger partial charge in [0.2, 0.25) is 0 Å². The quantitative estimate of drug-likeness (QED) is 0.236. The standard InChI is InChI=1S/C27H24N2O2/c30-19-20-6-8-21(9-7-20)22-10-12-24(13-11-22)26(23-4-2-1-3-5-23)18-27(29-31)25-14-16-28-17-15-25/h1-17,26,30-31H,18-19H2/b29-27-.